The van der Waals surface area contributed by atoms with Gasteiger partial charge in [0.2, 0.25) is 11.8 Å². The van der Waals surface area contributed by atoms with Crippen molar-refractivity contribution in [3.05, 3.63) is 24.3 Å². The first-order chi connectivity index (χ1) is 14.0. The molecule has 0 unspecified atom stereocenters. The van der Waals surface area contributed by atoms with Gasteiger partial charge in [-0.1, -0.05) is 26.0 Å². The van der Waals surface area contributed by atoms with Crippen molar-refractivity contribution in [3.8, 4) is 0 Å². The van der Waals surface area contributed by atoms with Crippen molar-refractivity contribution in [2.45, 2.75) is 49.8 Å². The summed E-state index contributed by atoms with van der Waals surface area (Å²) in [5.41, 5.74) is 1.05. The molecule has 6 nitrogen and oxygen atoms in total. The van der Waals surface area contributed by atoms with Gasteiger partial charge in [-0.15, -0.1) is 11.8 Å². The van der Waals surface area contributed by atoms with Gasteiger partial charge in [0.05, 0.1) is 18.8 Å². The fourth-order valence-corrected chi connectivity index (χ4v) is 4.87. The summed E-state index contributed by atoms with van der Waals surface area (Å²) >= 11 is 1.86. The zero-order valence-corrected chi connectivity index (χ0v) is 18.7. The van der Waals surface area contributed by atoms with Gasteiger partial charge >= 0.3 is 0 Å². The zero-order chi connectivity index (χ0) is 20.8. The van der Waals surface area contributed by atoms with Crippen molar-refractivity contribution in [3.63, 3.8) is 0 Å². The van der Waals surface area contributed by atoms with Crippen molar-refractivity contribution in [2.24, 2.45) is 0 Å². The highest BCUT2D eigenvalue weighted by Gasteiger charge is 2.27. The van der Waals surface area contributed by atoms with E-state index in [1.807, 2.05) is 35.7 Å². The van der Waals surface area contributed by atoms with Gasteiger partial charge in [0.1, 0.15) is 0 Å². The van der Waals surface area contributed by atoms with Crippen LogP contribution in [0.3, 0.4) is 0 Å². The summed E-state index contributed by atoms with van der Waals surface area (Å²) in [6.45, 7) is 11.3. The Hall–Kier alpha value is -1.57. The van der Waals surface area contributed by atoms with Crippen LogP contribution in [-0.2, 0) is 9.59 Å². The van der Waals surface area contributed by atoms with Gasteiger partial charge in [0.15, 0.2) is 0 Å². The summed E-state index contributed by atoms with van der Waals surface area (Å²) in [6.07, 6.45) is 1.95. The number of hydrogen-bond acceptors (Lipinski definition) is 5. The van der Waals surface area contributed by atoms with E-state index in [0.29, 0.717) is 18.3 Å². The molecule has 1 aromatic carbocycles. The molecule has 1 N–H and O–H groups in total. The molecule has 29 heavy (non-hydrogen) atoms. The lowest BCUT2D eigenvalue weighted by atomic mass is 10.2. The number of fused-ring (bicyclic) bond motifs is 1. The predicted octanol–water partition coefficient (Wildman–Crippen LogP) is 2.44. The maximum absolute atomic E-state index is 13.1. The van der Waals surface area contributed by atoms with Gasteiger partial charge in [-0.05, 0) is 31.9 Å². The Morgan fingerprint density at radius 3 is 2.45 bits per heavy atom. The number of para-hydroxylation sites is 1. The van der Waals surface area contributed by atoms with Crippen LogP contribution in [0.5, 0.6) is 0 Å². The lowest BCUT2D eigenvalue weighted by molar-refractivity contribution is -0.124. The van der Waals surface area contributed by atoms with Crippen LogP contribution in [0, 0.1) is 0 Å². The Morgan fingerprint density at radius 1 is 1.10 bits per heavy atom. The number of amides is 2. The molecule has 2 amide bonds. The molecule has 1 fully saturated rings. The number of carbonyl (C=O) groups excluding carboxylic acids is 2. The molecule has 0 saturated carbocycles. The van der Waals surface area contributed by atoms with Crippen LogP contribution in [-0.4, -0.2) is 78.7 Å². The molecular weight excluding hydrogens is 384 g/mol. The van der Waals surface area contributed by atoms with Gasteiger partial charge in [-0.25, -0.2) is 0 Å². The van der Waals surface area contributed by atoms with Gasteiger partial charge < -0.3 is 10.2 Å². The average molecular weight is 419 g/mol. The minimum atomic E-state index is 0.0941. The summed E-state index contributed by atoms with van der Waals surface area (Å²) in [7, 11) is 0. The van der Waals surface area contributed by atoms with Crippen molar-refractivity contribution >= 4 is 29.3 Å². The minimum Gasteiger partial charge on any atom is -0.353 e. The van der Waals surface area contributed by atoms with E-state index in [-0.39, 0.29) is 17.9 Å². The van der Waals surface area contributed by atoms with Crippen LogP contribution in [0.25, 0.3) is 0 Å². The number of thioether (sulfide) groups is 1. The number of hydrogen-bond donors (Lipinski definition) is 1. The van der Waals surface area contributed by atoms with Gasteiger partial charge in [0.25, 0.3) is 0 Å². The number of anilines is 1. The molecule has 1 saturated heterocycles. The Balaban J connectivity index is 1.50. The highest BCUT2D eigenvalue weighted by atomic mass is 32.2. The molecule has 1 aromatic rings. The van der Waals surface area contributed by atoms with Crippen LogP contribution in [0.1, 0.15) is 33.6 Å². The number of piperazine rings is 1. The zero-order valence-electron chi connectivity index (χ0n) is 17.9. The van der Waals surface area contributed by atoms with Crippen LogP contribution >= 0.6 is 11.8 Å². The van der Waals surface area contributed by atoms with Crippen molar-refractivity contribution < 1.29 is 9.59 Å². The van der Waals surface area contributed by atoms with E-state index in [4.69, 9.17) is 0 Å². The monoisotopic (exact) mass is 418 g/mol. The molecule has 7 heteroatoms. The third-order valence-corrected chi connectivity index (χ3v) is 6.99. The number of benzene rings is 1. The average Bonchev–Trinajstić information content (AvgIpc) is 2.87. The molecule has 0 bridgehead atoms. The van der Waals surface area contributed by atoms with E-state index < -0.39 is 0 Å². The third kappa shape index (κ3) is 6.20. The summed E-state index contributed by atoms with van der Waals surface area (Å²) < 4.78 is 0. The van der Waals surface area contributed by atoms with E-state index >= 15 is 0 Å². The quantitative estimate of drug-likeness (QED) is 0.769. The second-order valence-corrected chi connectivity index (χ2v) is 9.64. The summed E-state index contributed by atoms with van der Waals surface area (Å²) in [5, 5.41) is 3.54. The molecule has 2 aliphatic rings. The lowest BCUT2D eigenvalue weighted by Gasteiger charge is -2.35. The fourth-order valence-electron chi connectivity index (χ4n) is 3.75. The smallest absolute Gasteiger partial charge is 0.241 e. The summed E-state index contributed by atoms with van der Waals surface area (Å²) in [4.78, 5) is 32.8. The van der Waals surface area contributed by atoms with E-state index in [1.165, 1.54) is 4.90 Å². The lowest BCUT2D eigenvalue weighted by Crippen LogP contribution is -2.52. The number of nitrogens with one attached hydrogen (secondary N) is 1. The second-order valence-electron chi connectivity index (χ2n) is 8.16. The van der Waals surface area contributed by atoms with Crippen molar-refractivity contribution in [1.29, 1.82) is 0 Å². The van der Waals surface area contributed by atoms with Crippen LogP contribution in [0.2, 0.25) is 0 Å². The first-order valence-corrected chi connectivity index (χ1v) is 11.6. The topological polar surface area (TPSA) is 55.9 Å². The van der Waals surface area contributed by atoms with Gasteiger partial charge in [-0.3, -0.25) is 19.4 Å². The molecule has 2 aliphatic heterocycles. The second kappa shape index (κ2) is 10.5. The molecule has 160 valence electrons. The molecule has 2 atom stereocenters. The normalized spacial score (nSPS) is 21.9. The Bertz CT molecular complexity index is 706. The summed E-state index contributed by atoms with van der Waals surface area (Å²) in [6, 6.07) is 8.46. The molecule has 0 radical (unpaired) electrons. The van der Waals surface area contributed by atoms with Gasteiger partial charge in [0, 0.05) is 48.9 Å². The van der Waals surface area contributed by atoms with Gasteiger partial charge in [-0.2, -0.15) is 0 Å². The van der Waals surface area contributed by atoms with E-state index in [2.05, 4.69) is 41.1 Å². The number of nitrogens with zero attached hydrogens (tertiary/aromatic N) is 3. The first kappa shape index (κ1) is 22.1. The number of rotatable bonds is 6. The minimum absolute atomic E-state index is 0.0941. The molecule has 2 heterocycles. The largest absolute Gasteiger partial charge is 0.353 e. The SMILES string of the molecule is CC[C@H](C)NC(=O)CN1CCN(CC(=O)N2CC[C@@H](C)Sc3ccccc32)CC1. The van der Waals surface area contributed by atoms with Crippen LogP contribution in [0.15, 0.2) is 29.2 Å². The van der Waals surface area contributed by atoms with E-state index in [9.17, 15) is 9.59 Å². The molecule has 0 aliphatic carbocycles. The maximum atomic E-state index is 13.1. The molecule has 3 rings (SSSR count). The fraction of sp³-hybridized carbons (Fsp3) is 0.636. The standard InChI is InChI=1S/C22H34N4O2S/c1-4-17(2)23-21(27)15-24-11-13-25(14-12-24)16-22(28)26-10-9-18(3)29-20-8-6-5-7-19(20)26/h5-8,17-18H,4,9-16H2,1-3H3,(H,23,27)/t17-,18+/m0/s1. The van der Waals surface area contributed by atoms with Crippen molar-refractivity contribution in [1.82, 2.24) is 15.1 Å². The van der Waals surface area contributed by atoms with Crippen LogP contribution in [0.4, 0.5) is 5.69 Å². The maximum Gasteiger partial charge on any atom is 0.241 e. The Kier molecular flexibility index (Phi) is 7.98. The molecule has 0 spiro atoms. The Morgan fingerprint density at radius 2 is 1.76 bits per heavy atom. The highest BCUT2D eigenvalue weighted by Crippen LogP contribution is 2.37. The first-order valence-electron chi connectivity index (χ1n) is 10.8. The molecule has 0 aromatic heterocycles. The van der Waals surface area contributed by atoms with E-state index in [0.717, 1.165) is 51.3 Å². The summed E-state index contributed by atoms with van der Waals surface area (Å²) in [5.74, 6) is 0.270. The van der Waals surface area contributed by atoms with Crippen LogP contribution < -0.4 is 10.2 Å². The highest BCUT2D eigenvalue weighted by molar-refractivity contribution is 8.00. The predicted molar refractivity (Wildman–Crippen MR) is 120 cm³/mol. The van der Waals surface area contributed by atoms with E-state index in [1.54, 1.807) is 0 Å². The third-order valence-electron chi connectivity index (χ3n) is 5.76. The Labute approximate surface area is 179 Å². The molecular formula is C22H34N4O2S. The van der Waals surface area contributed by atoms with Crippen molar-refractivity contribution in [2.75, 3.05) is 50.7 Å². The number of carbonyl (C=O) groups is 2.